The lowest BCUT2D eigenvalue weighted by atomic mass is 9.91. The van der Waals surface area contributed by atoms with Gasteiger partial charge in [-0.15, -0.1) is 0 Å². The molecule has 0 heterocycles. The molecule has 0 aromatic heterocycles. The van der Waals surface area contributed by atoms with Crippen molar-refractivity contribution in [2.45, 2.75) is 76.5 Å². The van der Waals surface area contributed by atoms with Crippen LogP contribution in [-0.2, 0) is 4.79 Å². The Balaban J connectivity index is 1.95. The van der Waals surface area contributed by atoms with Crippen LogP contribution in [0.4, 0.5) is 0 Å². The molecule has 0 bridgehead atoms. The minimum absolute atomic E-state index is 0.215. The minimum atomic E-state index is -0.553. The third-order valence-corrected chi connectivity index (χ3v) is 4.29. The molecule has 1 amide bonds. The first-order chi connectivity index (χ1) is 8.46. The second-order valence-electron chi connectivity index (χ2n) is 6.23. The van der Waals surface area contributed by atoms with Gasteiger partial charge in [-0.25, -0.2) is 0 Å². The second-order valence-corrected chi connectivity index (χ2v) is 6.23. The zero-order valence-electron chi connectivity index (χ0n) is 11.9. The fourth-order valence-electron chi connectivity index (χ4n) is 2.95. The predicted octanol–water partition coefficient (Wildman–Crippen LogP) is 1.25. The molecule has 2 atom stereocenters. The first-order valence-electron chi connectivity index (χ1n) is 7.29. The van der Waals surface area contributed by atoms with Crippen LogP contribution < -0.4 is 11.1 Å². The summed E-state index contributed by atoms with van der Waals surface area (Å²) in [7, 11) is 0. The summed E-state index contributed by atoms with van der Waals surface area (Å²) in [6.45, 7) is 7.44. The number of hydrogen-bond donors (Lipinski definition) is 2. The Morgan fingerprint density at radius 2 is 2.06 bits per heavy atom. The molecule has 3 N–H and O–H groups in total. The van der Waals surface area contributed by atoms with Gasteiger partial charge in [0.1, 0.15) is 0 Å². The number of hydrogen-bond acceptors (Lipinski definition) is 3. The Morgan fingerprint density at radius 3 is 2.44 bits per heavy atom. The van der Waals surface area contributed by atoms with Crippen molar-refractivity contribution in [3.8, 4) is 0 Å². The molecular formula is C14H27N3O. The highest BCUT2D eigenvalue weighted by Gasteiger charge is 2.40. The van der Waals surface area contributed by atoms with E-state index in [-0.39, 0.29) is 5.91 Å². The van der Waals surface area contributed by atoms with Crippen molar-refractivity contribution < 1.29 is 4.79 Å². The lowest BCUT2D eigenvalue weighted by Gasteiger charge is -2.35. The quantitative estimate of drug-likeness (QED) is 0.684. The summed E-state index contributed by atoms with van der Waals surface area (Å²) in [6.07, 6.45) is 5.78. The first-order valence-corrected chi connectivity index (χ1v) is 7.29. The van der Waals surface area contributed by atoms with Crippen molar-refractivity contribution in [3.05, 3.63) is 0 Å². The summed E-state index contributed by atoms with van der Waals surface area (Å²) < 4.78 is 0. The molecule has 0 aromatic carbocycles. The minimum Gasteiger partial charge on any atom is -0.368 e. The number of nitrogens with one attached hydrogen (secondary N) is 1. The molecule has 0 aliphatic heterocycles. The number of carbonyl (C=O) groups excluding carboxylic acids is 1. The largest absolute Gasteiger partial charge is 0.368 e. The van der Waals surface area contributed by atoms with E-state index in [2.05, 4.69) is 24.1 Å². The molecule has 4 heteroatoms. The summed E-state index contributed by atoms with van der Waals surface area (Å²) in [5.41, 5.74) is 5.06. The van der Waals surface area contributed by atoms with Crippen molar-refractivity contribution in [2.24, 2.45) is 5.73 Å². The Kier molecular flexibility index (Phi) is 3.97. The Labute approximate surface area is 110 Å². The van der Waals surface area contributed by atoms with Crippen LogP contribution >= 0.6 is 0 Å². The molecule has 0 saturated heterocycles. The molecule has 18 heavy (non-hydrogen) atoms. The van der Waals surface area contributed by atoms with E-state index in [1.165, 1.54) is 25.7 Å². The number of rotatable bonds is 8. The molecule has 2 aliphatic rings. The normalized spacial score (nSPS) is 24.9. The standard InChI is InChI=1S/C14H27N3O/c1-4-17(12-7-8-12)10(2)9-14(3,13(15)18)16-11-5-6-11/h10-12,16H,4-9H2,1-3H3,(H2,15,18). The Hall–Kier alpha value is -0.610. The van der Waals surface area contributed by atoms with Crippen molar-refractivity contribution in [1.82, 2.24) is 10.2 Å². The van der Waals surface area contributed by atoms with Crippen molar-refractivity contribution in [3.63, 3.8) is 0 Å². The van der Waals surface area contributed by atoms with Gasteiger partial charge in [-0.05, 0) is 52.5 Å². The Bertz CT molecular complexity index is 312. The molecule has 2 fully saturated rings. The summed E-state index contributed by atoms with van der Waals surface area (Å²) >= 11 is 0. The Morgan fingerprint density at radius 1 is 1.44 bits per heavy atom. The molecule has 0 radical (unpaired) electrons. The van der Waals surface area contributed by atoms with Gasteiger partial charge >= 0.3 is 0 Å². The predicted molar refractivity (Wildman–Crippen MR) is 73.2 cm³/mol. The van der Waals surface area contributed by atoms with Gasteiger partial charge in [0.15, 0.2) is 0 Å². The number of amides is 1. The molecule has 2 unspecified atom stereocenters. The van der Waals surface area contributed by atoms with Gasteiger partial charge < -0.3 is 11.1 Å². The fourth-order valence-corrected chi connectivity index (χ4v) is 2.95. The van der Waals surface area contributed by atoms with Crippen LogP contribution in [0.25, 0.3) is 0 Å². The van der Waals surface area contributed by atoms with E-state index >= 15 is 0 Å². The molecule has 2 rings (SSSR count). The number of carbonyl (C=O) groups is 1. The summed E-state index contributed by atoms with van der Waals surface area (Å²) in [5, 5.41) is 3.43. The maximum Gasteiger partial charge on any atom is 0.237 e. The maximum absolute atomic E-state index is 11.8. The van der Waals surface area contributed by atoms with Gasteiger partial charge in [-0.3, -0.25) is 9.69 Å². The topological polar surface area (TPSA) is 58.4 Å². The van der Waals surface area contributed by atoms with Gasteiger partial charge in [0.2, 0.25) is 5.91 Å². The van der Waals surface area contributed by atoms with E-state index in [9.17, 15) is 4.79 Å². The summed E-state index contributed by atoms with van der Waals surface area (Å²) in [4.78, 5) is 14.3. The van der Waals surface area contributed by atoms with Crippen LogP contribution in [0.1, 0.15) is 52.9 Å². The number of primary amides is 1. The molecule has 0 aromatic rings. The van der Waals surface area contributed by atoms with Crippen molar-refractivity contribution >= 4 is 5.91 Å². The average Bonchev–Trinajstić information content (AvgIpc) is 3.11. The van der Waals surface area contributed by atoms with E-state index < -0.39 is 5.54 Å². The summed E-state index contributed by atoms with van der Waals surface area (Å²) in [6, 6.07) is 1.65. The third-order valence-electron chi connectivity index (χ3n) is 4.29. The highest BCUT2D eigenvalue weighted by atomic mass is 16.1. The van der Waals surface area contributed by atoms with Crippen LogP contribution in [0.2, 0.25) is 0 Å². The molecule has 0 spiro atoms. The average molecular weight is 253 g/mol. The van der Waals surface area contributed by atoms with E-state index in [1.807, 2.05) is 6.92 Å². The molecule has 4 nitrogen and oxygen atoms in total. The molecule has 104 valence electrons. The fraction of sp³-hybridized carbons (Fsp3) is 0.929. The van der Waals surface area contributed by atoms with Crippen LogP contribution in [0, 0.1) is 0 Å². The van der Waals surface area contributed by atoms with E-state index in [1.54, 1.807) is 0 Å². The lowest BCUT2D eigenvalue weighted by Crippen LogP contribution is -2.57. The van der Waals surface area contributed by atoms with Crippen LogP contribution in [0.5, 0.6) is 0 Å². The van der Waals surface area contributed by atoms with Crippen LogP contribution in [0.15, 0.2) is 0 Å². The number of nitrogens with zero attached hydrogens (tertiary/aromatic N) is 1. The first kappa shape index (κ1) is 13.8. The maximum atomic E-state index is 11.8. The van der Waals surface area contributed by atoms with Gasteiger partial charge in [-0.2, -0.15) is 0 Å². The highest BCUT2D eigenvalue weighted by Crippen LogP contribution is 2.31. The zero-order valence-corrected chi connectivity index (χ0v) is 11.9. The molecule has 2 saturated carbocycles. The summed E-state index contributed by atoms with van der Waals surface area (Å²) in [5.74, 6) is -0.215. The van der Waals surface area contributed by atoms with Crippen LogP contribution in [0.3, 0.4) is 0 Å². The van der Waals surface area contributed by atoms with Crippen LogP contribution in [-0.4, -0.2) is 41.0 Å². The van der Waals surface area contributed by atoms with Crippen molar-refractivity contribution in [2.75, 3.05) is 6.54 Å². The second kappa shape index (κ2) is 5.17. The van der Waals surface area contributed by atoms with Gasteiger partial charge in [0, 0.05) is 18.1 Å². The zero-order chi connectivity index (χ0) is 13.3. The van der Waals surface area contributed by atoms with E-state index in [4.69, 9.17) is 5.73 Å². The van der Waals surface area contributed by atoms with Gasteiger partial charge in [0.05, 0.1) is 5.54 Å². The smallest absolute Gasteiger partial charge is 0.237 e. The van der Waals surface area contributed by atoms with Crippen molar-refractivity contribution in [1.29, 1.82) is 0 Å². The third kappa shape index (κ3) is 3.23. The monoisotopic (exact) mass is 253 g/mol. The van der Waals surface area contributed by atoms with E-state index in [0.717, 1.165) is 19.0 Å². The number of nitrogens with two attached hydrogens (primary N) is 1. The lowest BCUT2D eigenvalue weighted by molar-refractivity contribution is -0.124. The van der Waals surface area contributed by atoms with Gasteiger partial charge in [-0.1, -0.05) is 6.92 Å². The SMILES string of the molecule is CCN(C(C)CC(C)(NC1CC1)C(N)=O)C1CC1. The molecule has 2 aliphatic carbocycles. The van der Waals surface area contributed by atoms with E-state index in [0.29, 0.717) is 12.1 Å². The highest BCUT2D eigenvalue weighted by molar-refractivity contribution is 5.84. The van der Waals surface area contributed by atoms with Gasteiger partial charge in [0.25, 0.3) is 0 Å². The molecular weight excluding hydrogens is 226 g/mol.